The van der Waals surface area contributed by atoms with Crippen LogP contribution in [0.4, 0.5) is 0 Å². The summed E-state index contributed by atoms with van der Waals surface area (Å²) >= 11 is 9.33. The highest BCUT2D eigenvalue weighted by molar-refractivity contribution is 9.10. The molecule has 19 heavy (non-hydrogen) atoms. The van der Waals surface area contributed by atoms with E-state index in [2.05, 4.69) is 27.8 Å². The monoisotopic (exact) mass is 341 g/mol. The molecule has 1 aromatic carbocycles. The first kappa shape index (κ1) is 14.2. The zero-order chi connectivity index (χ0) is 13.7. The molecule has 1 aromatic heterocycles. The highest BCUT2D eigenvalue weighted by atomic mass is 79.9. The van der Waals surface area contributed by atoms with Crippen molar-refractivity contribution < 1.29 is 9.47 Å². The zero-order valence-corrected chi connectivity index (χ0v) is 12.7. The van der Waals surface area contributed by atoms with Crippen LogP contribution in [0.5, 0.6) is 17.4 Å². The highest BCUT2D eigenvalue weighted by Gasteiger charge is 2.05. The third-order valence-corrected chi connectivity index (χ3v) is 2.99. The van der Waals surface area contributed by atoms with Crippen molar-refractivity contribution in [2.24, 2.45) is 0 Å². The lowest BCUT2D eigenvalue weighted by atomic mass is 10.3. The topological polar surface area (TPSA) is 31.4 Å². The van der Waals surface area contributed by atoms with Crippen LogP contribution in [0.3, 0.4) is 0 Å². The average Bonchev–Trinajstić information content (AvgIpc) is 2.41. The standard InChI is InChI=1S/C14H13BrClNO2/c1-2-7-18-11-3-5-12(6-4-11)19-14-13(16)8-10(15)9-17-14/h3-6,8-9H,2,7H2,1H3. The molecule has 0 bridgehead atoms. The van der Waals surface area contributed by atoms with Gasteiger partial charge in [-0.15, -0.1) is 0 Å². The van der Waals surface area contributed by atoms with E-state index in [1.54, 1.807) is 12.3 Å². The van der Waals surface area contributed by atoms with Crippen molar-refractivity contribution in [2.45, 2.75) is 13.3 Å². The third-order valence-electron chi connectivity index (χ3n) is 2.29. The Morgan fingerprint density at radius 1 is 1.21 bits per heavy atom. The Labute approximate surface area is 125 Å². The quantitative estimate of drug-likeness (QED) is 0.759. The molecule has 0 radical (unpaired) electrons. The van der Waals surface area contributed by atoms with Gasteiger partial charge in [0.2, 0.25) is 5.88 Å². The number of pyridine rings is 1. The van der Waals surface area contributed by atoms with Gasteiger partial charge in [-0.2, -0.15) is 0 Å². The molecule has 3 nitrogen and oxygen atoms in total. The van der Waals surface area contributed by atoms with Crippen LogP contribution in [0, 0.1) is 0 Å². The smallest absolute Gasteiger partial charge is 0.238 e. The van der Waals surface area contributed by atoms with Crippen LogP contribution in [0.1, 0.15) is 13.3 Å². The van der Waals surface area contributed by atoms with Gasteiger partial charge in [0.15, 0.2) is 0 Å². The first-order valence-electron chi connectivity index (χ1n) is 5.91. The lowest BCUT2D eigenvalue weighted by molar-refractivity contribution is 0.317. The van der Waals surface area contributed by atoms with Gasteiger partial charge in [-0.25, -0.2) is 4.98 Å². The van der Waals surface area contributed by atoms with Crippen molar-refractivity contribution in [3.8, 4) is 17.4 Å². The average molecular weight is 343 g/mol. The summed E-state index contributed by atoms with van der Waals surface area (Å²) in [6, 6.07) is 9.11. The summed E-state index contributed by atoms with van der Waals surface area (Å²) in [5.41, 5.74) is 0. The summed E-state index contributed by atoms with van der Waals surface area (Å²) in [6.07, 6.45) is 2.62. The summed E-state index contributed by atoms with van der Waals surface area (Å²) in [4.78, 5) is 4.11. The molecule has 0 saturated carbocycles. The highest BCUT2D eigenvalue weighted by Crippen LogP contribution is 2.29. The van der Waals surface area contributed by atoms with Gasteiger partial charge in [0, 0.05) is 10.7 Å². The number of halogens is 2. The Kier molecular flexibility index (Phi) is 5.05. The van der Waals surface area contributed by atoms with Gasteiger partial charge in [-0.1, -0.05) is 18.5 Å². The first-order chi connectivity index (χ1) is 9.19. The molecule has 2 rings (SSSR count). The molecule has 5 heteroatoms. The van der Waals surface area contributed by atoms with Crippen molar-refractivity contribution in [2.75, 3.05) is 6.61 Å². The second kappa shape index (κ2) is 6.78. The maximum absolute atomic E-state index is 6.04. The van der Waals surface area contributed by atoms with Gasteiger partial charge < -0.3 is 9.47 Å². The van der Waals surface area contributed by atoms with Crippen LogP contribution in [-0.4, -0.2) is 11.6 Å². The number of rotatable bonds is 5. The normalized spacial score (nSPS) is 10.3. The Hall–Kier alpha value is -1.26. The molecule has 0 saturated heterocycles. The number of hydrogen-bond acceptors (Lipinski definition) is 3. The van der Waals surface area contributed by atoms with Crippen LogP contribution in [0.15, 0.2) is 41.0 Å². The minimum Gasteiger partial charge on any atom is -0.494 e. The maximum atomic E-state index is 6.04. The second-order valence-corrected chi connectivity index (χ2v) is 5.19. The van der Waals surface area contributed by atoms with Crippen LogP contribution in [0.2, 0.25) is 5.02 Å². The fourth-order valence-electron chi connectivity index (χ4n) is 1.41. The number of benzene rings is 1. The zero-order valence-electron chi connectivity index (χ0n) is 10.4. The molecule has 0 atom stereocenters. The number of hydrogen-bond donors (Lipinski definition) is 0. The molecule has 2 aromatic rings. The Morgan fingerprint density at radius 3 is 2.53 bits per heavy atom. The van der Waals surface area contributed by atoms with Gasteiger partial charge in [-0.3, -0.25) is 0 Å². The maximum Gasteiger partial charge on any atom is 0.238 e. The largest absolute Gasteiger partial charge is 0.494 e. The number of nitrogens with zero attached hydrogens (tertiary/aromatic N) is 1. The lowest BCUT2D eigenvalue weighted by Gasteiger charge is -2.08. The van der Waals surface area contributed by atoms with E-state index in [4.69, 9.17) is 21.1 Å². The summed E-state index contributed by atoms with van der Waals surface area (Å²) in [5, 5.41) is 0.459. The number of ether oxygens (including phenoxy) is 2. The van der Waals surface area contributed by atoms with Gasteiger partial charge in [0.25, 0.3) is 0 Å². The van der Waals surface area contributed by atoms with E-state index in [0.29, 0.717) is 23.3 Å². The van der Waals surface area contributed by atoms with E-state index < -0.39 is 0 Å². The van der Waals surface area contributed by atoms with Gasteiger partial charge in [0.1, 0.15) is 16.5 Å². The molecule has 0 spiro atoms. The molecule has 0 amide bonds. The molecule has 0 aliphatic rings. The van der Waals surface area contributed by atoms with Crippen molar-refractivity contribution in [3.63, 3.8) is 0 Å². The van der Waals surface area contributed by atoms with Crippen molar-refractivity contribution in [1.82, 2.24) is 4.98 Å². The van der Waals surface area contributed by atoms with Crippen LogP contribution < -0.4 is 9.47 Å². The molecule has 0 fully saturated rings. The van der Waals surface area contributed by atoms with Gasteiger partial charge in [0.05, 0.1) is 6.61 Å². The van der Waals surface area contributed by atoms with Crippen LogP contribution in [0.25, 0.3) is 0 Å². The Bertz CT molecular complexity index is 546. The predicted molar refractivity (Wildman–Crippen MR) is 79.2 cm³/mol. The molecular weight excluding hydrogens is 330 g/mol. The molecule has 1 heterocycles. The van der Waals surface area contributed by atoms with Crippen molar-refractivity contribution in [1.29, 1.82) is 0 Å². The molecule has 0 N–H and O–H groups in total. The van der Waals surface area contributed by atoms with Crippen molar-refractivity contribution in [3.05, 3.63) is 46.0 Å². The molecular formula is C14H13BrClNO2. The van der Waals surface area contributed by atoms with Crippen molar-refractivity contribution >= 4 is 27.5 Å². The van der Waals surface area contributed by atoms with Crippen LogP contribution >= 0.6 is 27.5 Å². The van der Waals surface area contributed by atoms with E-state index in [1.807, 2.05) is 24.3 Å². The summed E-state index contributed by atoms with van der Waals surface area (Å²) < 4.78 is 11.9. The molecule has 0 unspecified atom stereocenters. The summed E-state index contributed by atoms with van der Waals surface area (Å²) in [5.74, 6) is 1.87. The number of aromatic nitrogens is 1. The minimum atomic E-state index is 0.382. The molecule has 0 aliphatic carbocycles. The van der Waals surface area contributed by atoms with E-state index in [9.17, 15) is 0 Å². The van der Waals surface area contributed by atoms with Gasteiger partial charge in [-0.05, 0) is 52.7 Å². The Morgan fingerprint density at radius 2 is 1.89 bits per heavy atom. The molecule has 100 valence electrons. The minimum absolute atomic E-state index is 0.382. The fraction of sp³-hybridized carbons (Fsp3) is 0.214. The van der Waals surface area contributed by atoms with E-state index >= 15 is 0 Å². The summed E-state index contributed by atoms with van der Waals surface area (Å²) in [6.45, 7) is 2.78. The van der Waals surface area contributed by atoms with E-state index in [0.717, 1.165) is 16.6 Å². The lowest BCUT2D eigenvalue weighted by Crippen LogP contribution is -1.94. The van der Waals surface area contributed by atoms with Gasteiger partial charge >= 0.3 is 0 Å². The van der Waals surface area contributed by atoms with Crippen LogP contribution in [-0.2, 0) is 0 Å². The predicted octanol–water partition coefficient (Wildman–Crippen LogP) is 5.08. The molecule has 0 aliphatic heterocycles. The third kappa shape index (κ3) is 4.11. The SMILES string of the molecule is CCCOc1ccc(Oc2ncc(Br)cc2Cl)cc1. The Balaban J connectivity index is 2.06. The van der Waals surface area contributed by atoms with E-state index in [-0.39, 0.29) is 0 Å². The first-order valence-corrected chi connectivity index (χ1v) is 7.08. The summed E-state index contributed by atoms with van der Waals surface area (Å²) in [7, 11) is 0. The fourth-order valence-corrected chi connectivity index (χ4v) is 2.08. The second-order valence-electron chi connectivity index (χ2n) is 3.86. The van der Waals surface area contributed by atoms with E-state index in [1.165, 1.54) is 0 Å².